The van der Waals surface area contributed by atoms with E-state index in [-0.39, 0.29) is 11.8 Å². The molecule has 32 heavy (non-hydrogen) atoms. The standard InChI is InChI=1S/C24H21N5O2S/c30-22(17-9-11-28(12-10-17)23-26-19-3-1-2-4-21(19)31-23)25-18-7-5-16(6-8-18)20-15-29-13-14-32-24(29)27-20/h1-8,13-15,17H,9-12H2,(H,25,30). The van der Waals surface area contributed by atoms with Crippen LogP contribution in [0.3, 0.4) is 0 Å². The van der Waals surface area contributed by atoms with Crippen molar-refractivity contribution in [3.63, 3.8) is 0 Å². The molecule has 2 aromatic carbocycles. The number of piperidine rings is 1. The van der Waals surface area contributed by atoms with Crippen LogP contribution in [0.15, 0.2) is 70.7 Å². The first-order valence-electron chi connectivity index (χ1n) is 10.7. The minimum absolute atomic E-state index is 0.0183. The molecule has 8 heteroatoms. The first kappa shape index (κ1) is 19.1. The molecule has 1 saturated heterocycles. The van der Waals surface area contributed by atoms with Crippen molar-refractivity contribution < 1.29 is 9.21 Å². The zero-order chi connectivity index (χ0) is 21.5. The van der Waals surface area contributed by atoms with E-state index in [1.807, 2.05) is 70.7 Å². The maximum atomic E-state index is 12.8. The lowest BCUT2D eigenvalue weighted by atomic mass is 9.96. The number of thiazole rings is 1. The second-order valence-corrected chi connectivity index (χ2v) is 8.88. The highest BCUT2D eigenvalue weighted by atomic mass is 32.1. The molecule has 1 aliphatic rings. The molecular weight excluding hydrogens is 422 g/mol. The molecule has 0 atom stereocenters. The molecule has 1 fully saturated rings. The lowest BCUT2D eigenvalue weighted by Crippen LogP contribution is -2.38. The summed E-state index contributed by atoms with van der Waals surface area (Å²) >= 11 is 1.61. The zero-order valence-corrected chi connectivity index (χ0v) is 18.1. The number of aromatic nitrogens is 3. The molecule has 0 spiro atoms. The monoisotopic (exact) mass is 443 g/mol. The number of carbonyl (C=O) groups excluding carboxylic acids is 1. The summed E-state index contributed by atoms with van der Waals surface area (Å²) in [7, 11) is 0. The molecule has 1 aliphatic heterocycles. The van der Waals surface area contributed by atoms with Gasteiger partial charge >= 0.3 is 0 Å². The van der Waals surface area contributed by atoms with Crippen LogP contribution in [0.4, 0.5) is 11.7 Å². The summed E-state index contributed by atoms with van der Waals surface area (Å²) in [6.45, 7) is 1.50. The van der Waals surface area contributed by atoms with Gasteiger partial charge in [-0.1, -0.05) is 24.3 Å². The number of anilines is 2. The highest BCUT2D eigenvalue weighted by molar-refractivity contribution is 7.15. The van der Waals surface area contributed by atoms with E-state index in [9.17, 15) is 4.79 Å². The average Bonchev–Trinajstić information content (AvgIpc) is 3.54. The van der Waals surface area contributed by atoms with Crippen molar-refractivity contribution in [2.75, 3.05) is 23.3 Å². The lowest BCUT2D eigenvalue weighted by molar-refractivity contribution is -0.120. The van der Waals surface area contributed by atoms with Crippen molar-refractivity contribution in [3.8, 4) is 11.3 Å². The van der Waals surface area contributed by atoms with Gasteiger partial charge in [-0.05, 0) is 37.1 Å². The van der Waals surface area contributed by atoms with E-state index in [1.165, 1.54) is 0 Å². The predicted octanol–water partition coefficient (Wildman–Crippen LogP) is 5.06. The molecule has 0 bridgehead atoms. The topological polar surface area (TPSA) is 75.7 Å². The van der Waals surface area contributed by atoms with Crippen molar-refractivity contribution in [1.29, 1.82) is 0 Å². The van der Waals surface area contributed by atoms with Gasteiger partial charge in [0.25, 0.3) is 6.01 Å². The summed E-state index contributed by atoms with van der Waals surface area (Å²) in [6.07, 6.45) is 5.56. The Labute approximate surface area is 188 Å². The number of hydrogen-bond donors (Lipinski definition) is 1. The van der Waals surface area contributed by atoms with Gasteiger partial charge in [-0.2, -0.15) is 4.98 Å². The number of oxazole rings is 1. The van der Waals surface area contributed by atoms with E-state index in [4.69, 9.17) is 4.42 Å². The molecule has 0 radical (unpaired) electrons. The molecule has 1 amide bonds. The minimum atomic E-state index is -0.0183. The van der Waals surface area contributed by atoms with E-state index in [0.29, 0.717) is 6.01 Å². The molecule has 160 valence electrons. The maximum absolute atomic E-state index is 12.8. The third kappa shape index (κ3) is 3.52. The van der Waals surface area contributed by atoms with E-state index in [1.54, 1.807) is 11.3 Å². The van der Waals surface area contributed by atoms with Gasteiger partial charge in [0.1, 0.15) is 5.52 Å². The highest BCUT2D eigenvalue weighted by Gasteiger charge is 2.27. The molecule has 4 heterocycles. The van der Waals surface area contributed by atoms with Crippen molar-refractivity contribution in [1.82, 2.24) is 14.4 Å². The van der Waals surface area contributed by atoms with E-state index in [0.717, 1.165) is 58.9 Å². The van der Waals surface area contributed by atoms with Crippen molar-refractivity contribution >= 4 is 45.0 Å². The van der Waals surface area contributed by atoms with E-state index < -0.39 is 0 Å². The Bertz CT molecular complexity index is 1330. The summed E-state index contributed by atoms with van der Waals surface area (Å²) in [6, 6.07) is 16.3. The Hall–Kier alpha value is -3.65. The van der Waals surface area contributed by atoms with E-state index >= 15 is 0 Å². The van der Waals surface area contributed by atoms with Crippen molar-refractivity contribution in [2.24, 2.45) is 5.92 Å². The molecule has 0 saturated carbocycles. The number of hydrogen-bond acceptors (Lipinski definition) is 6. The van der Waals surface area contributed by atoms with Crippen LogP contribution in [0, 0.1) is 5.92 Å². The fourth-order valence-electron chi connectivity index (χ4n) is 4.16. The average molecular weight is 444 g/mol. The van der Waals surface area contributed by atoms with Crippen LogP contribution in [0.25, 0.3) is 27.3 Å². The smallest absolute Gasteiger partial charge is 0.298 e. The fourth-order valence-corrected chi connectivity index (χ4v) is 4.86. The second kappa shape index (κ2) is 7.80. The Balaban J connectivity index is 1.07. The zero-order valence-electron chi connectivity index (χ0n) is 17.3. The van der Waals surface area contributed by atoms with Gasteiger partial charge in [-0.25, -0.2) is 4.98 Å². The van der Waals surface area contributed by atoms with Gasteiger partial charge in [0.05, 0.1) is 5.69 Å². The first-order chi connectivity index (χ1) is 15.7. The number of nitrogens with zero attached hydrogens (tertiary/aromatic N) is 4. The van der Waals surface area contributed by atoms with Crippen molar-refractivity contribution in [3.05, 3.63) is 66.3 Å². The minimum Gasteiger partial charge on any atom is -0.423 e. The van der Waals surface area contributed by atoms with Gasteiger partial charge in [-0.15, -0.1) is 11.3 Å². The number of fused-ring (bicyclic) bond motifs is 2. The van der Waals surface area contributed by atoms with Crippen LogP contribution >= 0.6 is 11.3 Å². The third-order valence-corrected chi connectivity index (χ3v) is 6.73. The number of rotatable bonds is 4. The highest BCUT2D eigenvalue weighted by Crippen LogP contribution is 2.28. The van der Waals surface area contributed by atoms with Crippen LogP contribution < -0.4 is 10.2 Å². The quantitative estimate of drug-likeness (QED) is 0.420. The maximum Gasteiger partial charge on any atom is 0.298 e. The van der Waals surface area contributed by atoms with E-state index in [2.05, 4.69) is 20.2 Å². The van der Waals surface area contributed by atoms with Gasteiger partial charge in [0.15, 0.2) is 10.5 Å². The molecule has 3 aromatic heterocycles. The van der Waals surface area contributed by atoms with Gasteiger partial charge in [0, 0.05) is 48.0 Å². The Kier molecular flexibility index (Phi) is 4.65. The van der Waals surface area contributed by atoms with Gasteiger partial charge in [-0.3, -0.25) is 9.20 Å². The largest absolute Gasteiger partial charge is 0.423 e. The summed E-state index contributed by atoms with van der Waals surface area (Å²) < 4.78 is 7.89. The molecule has 6 rings (SSSR count). The van der Waals surface area contributed by atoms with Gasteiger partial charge < -0.3 is 14.6 Å². The Morgan fingerprint density at radius 3 is 2.66 bits per heavy atom. The number of para-hydroxylation sites is 2. The van der Waals surface area contributed by atoms with Crippen LogP contribution in [-0.2, 0) is 4.79 Å². The Morgan fingerprint density at radius 2 is 1.88 bits per heavy atom. The summed E-state index contributed by atoms with van der Waals surface area (Å²) in [5.74, 6) is 0.0488. The van der Waals surface area contributed by atoms with Crippen molar-refractivity contribution in [2.45, 2.75) is 12.8 Å². The number of benzene rings is 2. The summed E-state index contributed by atoms with van der Waals surface area (Å²) in [5.41, 5.74) is 4.43. The number of nitrogens with one attached hydrogen (secondary N) is 1. The predicted molar refractivity (Wildman–Crippen MR) is 126 cm³/mol. The van der Waals surface area contributed by atoms with Crippen LogP contribution in [0.2, 0.25) is 0 Å². The number of amides is 1. The first-order valence-corrected chi connectivity index (χ1v) is 11.5. The number of carbonyl (C=O) groups is 1. The molecule has 5 aromatic rings. The summed E-state index contributed by atoms with van der Waals surface area (Å²) in [4.78, 5) is 25.1. The SMILES string of the molecule is O=C(Nc1ccc(-c2cn3ccsc3n2)cc1)C1CCN(c2nc3ccccc3o2)CC1. The van der Waals surface area contributed by atoms with Crippen LogP contribution in [-0.4, -0.2) is 33.4 Å². The molecule has 0 aliphatic carbocycles. The Morgan fingerprint density at radius 1 is 1.06 bits per heavy atom. The lowest BCUT2D eigenvalue weighted by Gasteiger charge is -2.30. The summed E-state index contributed by atoms with van der Waals surface area (Å²) in [5, 5.41) is 5.08. The second-order valence-electron chi connectivity index (χ2n) is 8.01. The number of imidazole rings is 1. The molecule has 1 N–H and O–H groups in total. The normalized spacial score (nSPS) is 14.9. The van der Waals surface area contributed by atoms with Crippen LogP contribution in [0.5, 0.6) is 0 Å². The van der Waals surface area contributed by atoms with Crippen LogP contribution in [0.1, 0.15) is 12.8 Å². The van der Waals surface area contributed by atoms with Gasteiger partial charge in [0.2, 0.25) is 5.91 Å². The molecule has 7 nitrogen and oxygen atoms in total. The molecular formula is C24H21N5O2S. The fraction of sp³-hybridized carbons (Fsp3) is 0.208. The third-order valence-electron chi connectivity index (χ3n) is 5.96. The molecule has 0 unspecified atom stereocenters.